The van der Waals surface area contributed by atoms with Crippen LogP contribution in [0.15, 0.2) is 12.3 Å². The van der Waals surface area contributed by atoms with E-state index in [1.165, 1.54) is 23.9 Å². The standard InChI is InChI=1S/C14H18N4O4S/c1-18-7-10(12(16)19)6-11(18)13(20)17-23(21,22)9-14(8-15)4-2-3-5-14/h6-7H,2-5,9H2,1H3,(H2,16,19)(H,17,20). The topological polar surface area (TPSA) is 135 Å². The van der Waals surface area contributed by atoms with Crippen LogP contribution < -0.4 is 10.5 Å². The Kier molecular flexibility index (Phi) is 4.47. The zero-order valence-corrected chi connectivity index (χ0v) is 13.5. The SMILES string of the molecule is Cn1cc(C(N)=O)cc1C(=O)NS(=O)(=O)CC1(C#N)CCCC1. The lowest BCUT2D eigenvalue weighted by Gasteiger charge is -2.19. The summed E-state index contributed by atoms with van der Waals surface area (Å²) in [5.74, 6) is -1.97. The molecule has 1 heterocycles. The number of carbonyl (C=O) groups excluding carboxylic acids is 2. The van der Waals surface area contributed by atoms with Gasteiger partial charge in [-0.3, -0.25) is 9.59 Å². The van der Waals surface area contributed by atoms with Crippen molar-refractivity contribution in [2.45, 2.75) is 25.7 Å². The molecule has 0 radical (unpaired) electrons. The number of rotatable bonds is 5. The van der Waals surface area contributed by atoms with Crippen LogP contribution in [0.4, 0.5) is 0 Å². The number of amides is 2. The van der Waals surface area contributed by atoms with Crippen LogP contribution >= 0.6 is 0 Å². The highest BCUT2D eigenvalue weighted by molar-refractivity contribution is 7.90. The van der Waals surface area contributed by atoms with Gasteiger partial charge in [0.1, 0.15) is 5.69 Å². The van der Waals surface area contributed by atoms with Crippen LogP contribution in [-0.2, 0) is 17.1 Å². The predicted molar refractivity (Wildman–Crippen MR) is 81.7 cm³/mol. The first-order valence-electron chi connectivity index (χ1n) is 7.10. The van der Waals surface area contributed by atoms with E-state index in [0.717, 1.165) is 12.8 Å². The van der Waals surface area contributed by atoms with Gasteiger partial charge in [-0.25, -0.2) is 13.1 Å². The molecule has 9 heteroatoms. The zero-order valence-electron chi connectivity index (χ0n) is 12.7. The average molecular weight is 338 g/mol. The van der Waals surface area contributed by atoms with Crippen molar-refractivity contribution in [2.75, 3.05) is 5.75 Å². The predicted octanol–water partition coefficient (Wildman–Crippen LogP) is 0.268. The fourth-order valence-corrected chi connectivity index (χ4v) is 4.40. The second-order valence-corrected chi connectivity index (χ2v) is 7.60. The number of aromatic nitrogens is 1. The molecule has 23 heavy (non-hydrogen) atoms. The number of hydrogen-bond acceptors (Lipinski definition) is 5. The minimum absolute atomic E-state index is 0.000181. The summed E-state index contributed by atoms with van der Waals surface area (Å²) in [7, 11) is -2.46. The lowest BCUT2D eigenvalue weighted by Crippen LogP contribution is -2.38. The Labute approximate surface area is 134 Å². The molecule has 1 saturated carbocycles. The Morgan fingerprint density at radius 2 is 2.04 bits per heavy atom. The summed E-state index contributed by atoms with van der Waals surface area (Å²) >= 11 is 0. The van der Waals surface area contributed by atoms with E-state index in [1.807, 2.05) is 4.72 Å². The van der Waals surface area contributed by atoms with Crippen molar-refractivity contribution in [3.8, 4) is 6.07 Å². The molecule has 1 aromatic rings. The van der Waals surface area contributed by atoms with Gasteiger partial charge in [0.2, 0.25) is 15.9 Å². The van der Waals surface area contributed by atoms with Gasteiger partial charge in [0.25, 0.3) is 5.91 Å². The molecule has 0 atom stereocenters. The summed E-state index contributed by atoms with van der Waals surface area (Å²) in [6, 6.07) is 3.31. The Morgan fingerprint density at radius 1 is 1.43 bits per heavy atom. The van der Waals surface area contributed by atoms with Crippen LogP contribution in [0.25, 0.3) is 0 Å². The maximum atomic E-state index is 12.2. The average Bonchev–Trinajstić information content (AvgIpc) is 3.05. The molecule has 0 aliphatic heterocycles. The van der Waals surface area contributed by atoms with Gasteiger partial charge in [0.15, 0.2) is 0 Å². The maximum absolute atomic E-state index is 12.2. The second kappa shape index (κ2) is 6.04. The molecule has 124 valence electrons. The molecule has 0 unspecified atom stereocenters. The lowest BCUT2D eigenvalue weighted by atomic mass is 9.91. The van der Waals surface area contributed by atoms with Gasteiger partial charge >= 0.3 is 0 Å². The molecule has 8 nitrogen and oxygen atoms in total. The van der Waals surface area contributed by atoms with Crippen LogP contribution in [-0.4, -0.2) is 30.6 Å². The van der Waals surface area contributed by atoms with Gasteiger partial charge in [-0.1, -0.05) is 12.8 Å². The fourth-order valence-electron chi connectivity index (χ4n) is 2.86. The van der Waals surface area contributed by atoms with Crippen molar-refractivity contribution in [3.63, 3.8) is 0 Å². The van der Waals surface area contributed by atoms with E-state index in [4.69, 9.17) is 5.73 Å². The number of aryl methyl sites for hydroxylation is 1. The third-order valence-electron chi connectivity index (χ3n) is 4.03. The van der Waals surface area contributed by atoms with E-state index in [1.54, 1.807) is 0 Å². The Morgan fingerprint density at radius 3 is 2.52 bits per heavy atom. The van der Waals surface area contributed by atoms with E-state index in [-0.39, 0.29) is 11.3 Å². The van der Waals surface area contributed by atoms with Crippen molar-refractivity contribution in [3.05, 3.63) is 23.5 Å². The summed E-state index contributed by atoms with van der Waals surface area (Å²) < 4.78 is 27.7. The summed E-state index contributed by atoms with van der Waals surface area (Å²) in [6.45, 7) is 0. The van der Waals surface area contributed by atoms with Gasteiger partial charge in [0.05, 0.1) is 22.8 Å². The quantitative estimate of drug-likeness (QED) is 0.794. The van der Waals surface area contributed by atoms with Gasteiger partial charge < -0.3 is 10.3 Å². The first-order valence-corrected chi connectivity index (χ1v) is 8.75. The molecule has 1 fully saturated rings. The van der Waals surface area contributed by atoms with E-state index in [0.29, 0.717) is 12.8 Å². The molecule has 0 saturated heterocycles. The van der Waals surface area contributed by atoms with E-state index in [2.05, 4.69) is 6.07 Å². The number of hydrogen-bond donors (Lipinski definition) is 2. The molecular weight excluding hydrogens is 320 g/mol. The molecular formula is C14H18N4O4S. The molecule has 1 aromatic heterocycles. The monoisotopic (exact) mass is 338 g/mol. The number of nitrogens with one attached hydrogen (secondary N) is 1. The molecule has 0 aromatic carbocycles. The van der Waals surface area contributed by atoms with E-state index in [9.17, 15) is 23.3 Å². The van der Waals surface area contributed by atoms with Crippen LogP contribution in [0.1, 0.15) is 46.5 Å². The summed E-state index contributed by atoms with van der Waals surface area (Å²) in [5, 5.41) is 9.26. The van der Waals surface area contributed by atoms with E-state index < -0.39 is 33.0 Å². The third-order valence-corrected chi connectivity index (χ3v) is 5.46. The van der Waals surface area contributed by atoms with Crippen LogP contribution in [0.2, 0.25) is 0 Å². The van der Waals surface area contributed by atoms with Crippen LogP contribution in [0.3, 0.4) is 0 Å². The number of nitrogens with two attached hydrogens (primary N) is 1. The smallest absolute Gasteiger partial charge is 0.281 e. The zero-order chi connectivity index (χ0) is 17.3. The normalized spacial score (nSPS) is 16.7. The van der Waals surface area contributed by atoms with Crippen molar-refractivity contribution >= 4 is 21.8 Å². The van der Waals surface area contributed by atoms with Crippen molar-refractivity contribution < 1.29 is 18.0 Å². The Hall–Kier alpha value is -2.34. The van der Waals surface area contributed by atoms with Gasteiger partial charge in [0, 0.05) is 13.2 Å². The van der Waals surface area contributed by atoms with E-state index >= 15 is 0 Å². The maximum Gasteiger partial charge on any atom is 0.281 e. The third kappa shape index (κ3) is 3.71. The number of nitriles is 1. The van der Waals surface area contributed by atoms with Crippen molar-refractivity contribution in [1.82, 2.24) is 9.29 Å². The molecule has 1 aliphatic carbocycles. The summed E-state index contributed by atoms with van der Waals surface area (Å²) in [5.41, 5.74) is 4.31. The minimum Gasteiger partial charge on any atom is -0.366 e. The number of primary amides is 1. The highest BCUT2D eigenvalue weighted by Crippen LogP contribution is 2.38. The van der Waals surface area contributed by atoms with Gasteiger partial charge in [-0.2, -0.15) is 5.26 Å². The minimum atomic E-state index is -3.96. The number of nitrogens with zero attached hydrogens (tertiary/aromatic N) is 2. The molecule has 0 spiro atoms. The summed E-state index contributed by atoms with van der Waals surface area (Å²) in [6.07, 6.45) is 3.97. The van der Waals surface area contributed by atoms with Gasteiger partial charge in [-0.15, -0.1) is 0 Å². The Bertz CT molecular complexity index is 782. The highest BCUT2D eigenvalue weighted by Gasteiger charge is 2.39. The first-order chi connectivity index (χ1) is 10.7. The number of carbonyl (C=O) groups is 2. The molecule has 3 N–H and O–H groups in total. The molecule has 0 bridgehead atoms. The van der Waals surface area contributed by atoms with Crippen LogP contribution in [0, 0.1) is 16.7 Å². The highest BCUT2D eigenvalue weighted by atomic mass is 32.2. The molecule has 2 amide bonds. The molecule has 2 rings (SSSR count). The van der Waals surface area contributed by atoms with Crippen molar-refractivity contribution in [1.29, 1.82) is 5.26 Å². The Balaban J connectivity index is 2.16. The first kappa shape index (κ1) is 17.0. The van der Waals surface area contributed by atoms with Gasteiger partial charge in [-0.05, 0) is 18.9 Å². The van der Waals surface area contributed by atoms with Crippen molar-refractivity contribution in [2.24, 2.45) is 18.2 Å². The lowest BCUT2D eigenvalue weighted by molar-refractivity contribution is 0.0972. The number of sulfonamides is 1. The molecule has 1 aliphatic rings. The summed E-state index contributed by atoms with van der Waals surface area (Å²) in [4.78, 5) is 23.2. The second-order valence-electron chi connectivity index (χ2n) is 5.88. The fraction of sp³-hybridized carbons (Fsp3) is 0.500. The largest absolute Gasteiger partial charge is 0.366 e. The van der Waals surface area contributed by atoms with Crippen LogP contribution in [0.5, 0.6) is 0 Å².